The molecule has 0 spiro atoms. The number of benzene rings is 1. The lowest BCUT2D eigenvalue weighted by atomic mass is 10.1. The van der Waals surface area contributed by atoms with Crippen LogP contribution in [0.5, 0.6) is 0 Å². The van der Waals surface area contributed by atoms with E-state index < -0.39 is 0 Å². The van der Waals surface area contributed by atoms with Crippen molar-refractivity contribution in [3.05, 3.63) is 46.7 Å². The summed E-state index contributed by atoms with van der Waals surface area (Å²) in [4.78, 5) is 30.2. The second kappa shape index (κ2) is 6.87. The highest BCUT2D eigenvalue weighted by atomic mass is 32.1. The molecule has 0 radical (unpaired) electrons. The topological polar surface area (TPSA) is 75.2 Å². The number of carbonyl (C=O) groups is 2. The summed E-state index contributed by atoms with van der Waals surface area (Å²) < 4.78 is 4.04. The van der Waals surface area contributed by atoms with Gasteiger partial charge < -0.3 is 10.2 Å². The van der Waals surface area contributed by atoms with E-state index in [0.29, 0.717) is 23.8 Å². The minimum atomic E-state index is -0.255. The predicted molar refractivity (Wildman–Crippen MR) is 87.1 cm³/mol. The fraction of sp³-hybridized carbons (Fsp3) is 0.375. The third kappa shape index (κ3) is 3.73. The van der Waals surface area contributed by atoms with Gasteiger partial charge in [0.25, 0.3) is 5.91 Å². The number of nitrogens with one attached hydrogen (secondary N) is 1. The van der Waals surface area contributed by atoms with E-state index >= 15 is 0 Å². The number of hydrogen-bond acceptors (Lipinski definition) is 5. The molecule has 1 saturated heterocycles. The molecule has 3 rings (SSSR count). The van der Waals surface area contributed by atoms with Gasteiger partial charge in [0, 0.05) is 19.5 Å². The van der Waals surface area contributed by atoms with Gasteiger partial charge in [-0.25, -0.2) is 4.98 Å². The van der Waals surface area contributed by atoms with Crippen molar-refractivity contribution >= 4 is 23.3 Å². The first-order valence-corrected chi connectivity index (χ1v) is 8.35. The molecule has 1 aromatic heterocycles. The molecular formula is C16H18N4O2S. The molecule has 1 aliphatic heterocycles. The van der Waals surface area contributed by atoms with E-state index in [1.165, 1.54) is 0 Å². The van der Waals surface area contributed by atoms with Gasteiger partial charge in [-0.05, 0) is 30.4 Å². The molecule has 1 aromatic carbocycles. The molecule has 6 nitrogen and oxygen atoms in total. The minimum Gasteiger partial charge on any atom is -0.341 e. The zero-order valence-corrected chi connectivity index (χ0v) is 13.7. The Morgan fingerprint density at radius 3 is 2.78 bits per heavy atom. The summed E-state index contributed by atoms with van der Waals surface area (Å²) in [5, 5.41) is 3.33. The van der Waals surface area contributed by atoms with Crippen molar-refractivity contribution in [2.75, 3.05) is 13.1 Å². The van der Waals surface area contributed by atoms with Gasteiger partial charge in [-0.1, -0.05) is 30.3 Å². The maximum Gasteiger partial charge on any atom is 0.282 e. The smallest absolute Gasteiger partial charge is 0.282 e. The average Bonchev–Trinajstić information content (AvgIpc) is 3.16. The van der Waals surface area contributed by atoms with Crippen LogP contribution in [0.3, 0.4) is 0 Å². The number of hydrogen-bond donors (Lipinski definition) is 1. The fourth-order valence-electron chi connectivity index (χ4n) is 2.65. The molecule has 1 fully saturated rings. The normalized spacial score (nSPS) is 15.7. The van der Waals surface area contributed by atoms with E-state index in [1.54, 1.807) is 6.92 Å². The number of rotatable bonds is 5. The molecule has 2 amide bonds. The Morgan fingerprint density at radius 2 is 2.17 bits per heavy atom. The van der Waals surface area contributed by atoms with E-state index in [2.05, 4.69) is 14.7 Å². The van der Waals surface area contributed by atoms with E-state index in [9.17, 15) is 9.59 Å². The Hall–Kier alpha value is -2.28. The molecule has 0 saturated carbocycles. The molecule has 1 N–H and O–H groups in total. The van der Waals surface area contributed by atoms with Crippen molar-refractivity contribution in [2.24, 2.45) is 0 Å². The van der Waals surface area contributed by atoms with Crippen LogP contribution in [0, 0.1) is 6.92 Å². The third-order valence-electron chi connectivity index (χ3n) is 3.80. The van der Waals surface area contributed by atoms with Crippen LogP contribution in [0.15, 0.2) is 30.3 Å². The monoisotopic (exact) mass is 330 g/mol. The summed E-state index contributed by atoms with van der Waals surface area (Å²) >= 11 is 1.08. The van der Waals surface area contributed by atoms with Crippen LogP contribution in [0.25, 0.3) is 0 Å². The molecule has 23 heavy (non-hydrogen) atoms. The predicted octanol–water partition coefficient (Wildman–Crippen LogP) is 1.94. The first-order chi connectivity index (χ1) is 11.1. The largest absolute Gasteiger partial charge is 0.341 e. The van der Waals surface area contributed by atoms with Crippen molar-refractivity contribution in [1.82, 2.24) is 19.6 Å². The Labute approximate surface area is 138 Å². The molecule has 2 heterocycles. The van der Waals surface area contributed by atoms with Crippen molar-refractivity contribution in [1.29, 1.82) is 0 Å². The van der Waals surface area contributed by atoms with Gasteiger partial charge in [-0.15, -0.1) is 0 Å². The molecule has 0 bridgehead atoms. The highest BCUT2D eigenvalue weighted by Gasteiger charge is 2.26. The SMILES string of the molecule is Cc1nsc(C(=O)NC(CN2CCCC2=O)c2ccccc2)n1. The van der Waals surface area contributed by atoms with E-state index in [-0.39, 0.29) is 17.9 Å². The third-order valence-corrected chi connectivity index (χ3v) is 4.61. The summed E-state index contributed by atoms with van der Waals surface area (Å²) in [6.07, 6.45) is 1.47. The van der Waals surface area contributed by atoms with Crippen LogP contribution in [-0.4, -0.2) is 39.2 Å². The number of carbonyl (C=O) groups excluding carboxylic acids is 2. The number of aromatic nitrogens is 2. The highest BCUT2D eigenvalue weighted by molar-refractivity contribution is 7.07. The van der Waals surface area contributed by atoms with E-state index in [0.717, 1.165) is 30.1 Å². The van der Waals surface area contributed by atoms with Gasteiger partial charge >= 0.3 is 0 Å². The van der Waals surface area contributed by atoms with Crippen LogP contribution < -0.4 is 5.32 Å². The molecule has 1 unspecified atom stereocenters. The number of amides is 2. The fourth-order valence-corrected chi connectivity index (χ4v) is 3.22. The lowest BCUT2D eigenvalue weighted by Gasteiger charge is -2.24. The van der Waals surface area contributed by atoms with Crippen molar-refractivity contribution < 1.29 is 9.59 Å². The minimum absolute atomic E-state index is 0.145. The van der Waals surface area contributed by atoms with Gasteiger partial charge in [0.15, 0.2) is 0 Å². The Kier molecular flexibility index (Phi) is 4.66. The Balaban J connectivity index is 1.77. The summed E-state index contributed by atoms with van der Waals surface area (Å²) in [6.45, 7) is 2.98. The summed E-state index contributed by atoms with van der Waals surface area (Å²) in [7, 11) is 0. The van der Waals surface area contributed by atoms with Crippen LogP contribution in [-0.2, 0) is 4.79 Å². The molecule has 2 aromatic rings. The van der Waals surface area contributed by atoms with Gasteiger partial charge in [0.2, 0.25) is 10.9 Å². The summed E-state index contributed by atoms with van der Waals surface area (Å²) in [6, 6.07) is 9.44. The van der Waals surface area contributed by atoms with Crippen LogP contribution in [0.1, 0.15) is 40.1 Å². The van der Waals surface area contributed by atoms with Crippen molar-refractivity contribution in [3.63, 3.8) is 0 Å². The molecule has 1 aliphatic rings. The van der Waals surface area contributed by atoms with Gasteiger partial charge in [-0.2, -0.15) is 4.37 Å². The zero-order chi connectivity index (χ0) is 16.2. The maximum atomic E-state index is 12.4. The quantitative estimate of drug-likeness (QED) is 0.909. The highest BCUT2D eigenvalue weighted by Crippen LogP contribution is 2.19. The zero-order valence-electron chi connectivity index (χ0n) is 12.9. The maximum absolute atomic E-state index is 12.4. The van der Waals surface area contributed by atoms with Gasteiger partial charge in [0.1, 0.15) is 5.82 Å². The molecule has 1 atom stereocenters. The van der Waals surface area contributed by atoms with Crippen molar-refractivity contribution in [2.45, 2.75) is 25.8 Å². The van der Waals surface area contributed by atoms with Crippen molar-refractivity contribution in [3.8, 4) is 0 Å². The lowest BCUT2D eigenvalue weighted by Crippen LogP contribution is -2.38. The van der Waals surface area contributed by atoms with Crippen LogP contribution >= 0.6 is 11.5 Å². The van der Waals surface area contributed by atoms with Crippen LogP contribution in [0.2, 0.25) is 0 Å². The lowest BCUT2D eigenvalue weighted by molar-refractivity contribution is -0.128. The molecular weight excluding hydrogens is 312 g/mol. The summed E-state index contributed by atoms with van der Waals surface area (Å²) in [5.74, 6) is 0.481. The van der Waals surface area contributed by atoms with Gasteiger partial charge in [0.05, 0.1) is 6.04 Å². The van der Waals surface area contributed by atoms with E-state index in [1.807, 2.05) is 35.2 Å². The summed E-state index contributed by atoms with van der Waals surface area (Å²) in [5.41, 5.74) is 0.974. The molecule has 0 aliphatic carbocycles. The first-order valence-electron chi connectivity index (χ1n) is 7.57. The first kappa shape index (κ1) is 15.6. The molecule has 7 heteroatoms. The van der Waals surface area contributed by atoms with Gasteiger partial charge in [-0.3, -0.25) is 9.59 Å². The number of likely N-dealkylation sites (tertiary alicyclic amines) is 1. The number of nitrogens with zero attached hydrogens (tertiary/aromatic N) is 3. The standard InChI is InChI=1S/C16H18N4O2S/c1-11-17-16(23-19-11)15(22)18-13(12-6-3-2-4-7-12)10-20-9-5-8-14(20)21/h2-4,6-7,13H,5,8-10H2,1H3,(H,18,22). The van der Waals surface area contributed by atoms with Crippen LogP contribution in [0.4, 0.5) is 0 Å². The van der Waals surface area contributed by atoms with E-state index in [4.69, 9.17) is 0 Å². The second-order valence-corrected chi connectivity index (χ2v) is 6.28. The Morgan fingerprint density at radius 1 is 1.39 bits per heavy atom. The molecule has 120 valence electrons. The average molecular weight is 330 g/mol. The number of aryl methyl sites for hydroxylation is 1. The Bertz CT molecular complexity index is 701. The second-order valence-electron chi connectivity index (χ2n) is 5.53.